The van der Waals surface area contributed by atoms with Crippen LogP contribution in [0.15, 0.2) is 42.5 Å². The van der Waals surface area contributed by atoms with E-state index in [1.54, 1.807) is 31.2 Å². The Morgan fingerprint density at radius 1 is 1.16 bits per heavy atom. The van der Waals surface area contributed by atoms with Gasteiger partial charge >= 0.3 is 0 Å². The van der Waals surface area contributed by atoms with Crippen LogP contribution in [0, 0.1) is 18.6 Å². The van der Waals surface area contributed by atoms with Crippen molar-refractivity contribution in [3.8, 4) is 5.75 Å². The minimum absolute atomic E-state index is 0.125. The van der Waals surface area contributed by atoms with Gasteiger partial charge in [-0.25, -0.2) is 8.78 Å². The fourth-order valence-electron chi connectivity index (χ4n) is 1.82. The summed E-state index contributed by atoms with van der Waals surface area (Å²) in [5.74, 6) is -0.665. The topological polar surface area (TPSA) is 35.2 Å². The van der Waals surface area contributed by atoms with Gasteiger partial charge in [-0.2, -0.15) is 0 Å². The first kappa shape index (κ1) is 13.5. The summed E-state index contributed by atoms with van der Waals surface area (Å²) in [7, 11) is 0. The van der Waals surface area contributed by atoms with Gasteiger partial charge in [-0.1, -0.05) is 24.3 Å². The number of aryl methyl sites for hydroxylation is 1. The van der Waals surface area contributed by atoms with E-state index in [0.717, 1.165) is 0 Å². The van der Waals surface area contributed by atoms with Gasteiger partial charge < -0.3 is 10.5 Å². The number of halogens is 2. The molecule has 0 heterocycles. The molecule has 19 heavy (non-hydrogen) atoms. The third-order valence-corrected chi connectivity index (χ3v) is 2.86. The van der Waals surface area contributed by atoms with Crippen molar-refractivity contribution in [2.75, 3.05) is 6.54 Å². The SMILES string of the molecule is Cc1cccc(OC(CN)c2cccc(F)c2)c1F. The maximum absolute atomic E-state index is 13.9. The van der Waals surface area contributed by atoms with Crippen LogP contribution in [-0.4, -0.2) is 6.54 Å². The van der Waals surface area contributed by atoms with Gasteiger partial charge in [-0.3, -0.25) is 0 Å². The highest BCUT2D eigenvalue weighted by Crippen LogP contribution is 2.26. The Hall–Kier alpha value is -1.94. The van der Waals surface area contributed by atoms with Crippen LogP contribution in [0.5, 0.6) is 5.75 Å². The molecule has 0 fully saturated rings. The van der Waals surface area contributed by atoms with Crippen molar-refractivity contribution in [1.82, 2.24) is 0 Å². The quantitative estimate of drug-likeness (QED) is 0.918. The van der Waals surface area contributed by atoms with Gasteiger partial charge in [-0.05, 0) is 36.2 Å². The molecular weight excluding hydrogens is 248 g/mol. The van der Waals surface area contributed by atoms with Crippen molar-refractivity contribution < 1.29 is 13.5 Å². The van der Waals surface area contributed by atoms with Crippen molar-refractivity contribution in [1.29, 1.82) is 0 Å². The van der Waals surface area contributed by atoms with Crippen LogP contribution in [0.1, 0.15) is 17.2 Å². The number of benzene rings is 2. The minimum atomic E-state index is -0.577. The fourth-order valence-corrected chi connectivity index (χ4v) is 1.82. The average molecular weight is 263 g/mol. The Kier molecular flexibility index (Phi) is 4.12. The summed E-state index contributed by atoms with van der Waals surface area (Å²) in [6, 6.07) is 10.8. The second-order valence-corrected chi connectivity index (χ2v) is 4.28. The van der Waals surface area contributed by atoms with E-state index in [4.69, 9.17) is 10.5 Å². The molecule has 2 rings (SSSR count). The summed E-state index contributed by atoms with van der Waals surface area (Å²) < 4.78 is 32.6. The molecule has 0 amide bonds. The molecule has 4 heteroatoms. The molecule has 0 aliphatic carbocycles. The second kappa shape index (κ2) is 5.80. The van der Waals surface area contributed by atoms with Gasteiger partial charge in [0.15, 0.2) is 11.6 Å². The Bertz CT molecular complexity index is 572. The lowest BCUT2D eigenvalue weighted by Gasteiger charge is -2.18. The zero-order valence-electron chi connectivity index (χ0n) is 10.6. The van der Waals surface area contributed by atoms with Gasteiger partial charge in [-0.15, -0.1) is 0 Å². The molecule has 0 aliphatic rings. The lowest BCUT2D eigenvalue weighted by atomic mass is 10.1. The molecule has 2 aromatic rings. The van der Waals surface area contributed by atoms with Gasteiger partial charge in [0.05, 0.1) is 0 Å². The van der Waals surface area contributed by atoms with Gasteiger partial charge in [0, 0.05) is 6.54 Å². The zero-order chi connectivity index (χ0) is 13.8. The van der Waals surface area contributed by atoms with Crippen LogP contribution in [0.2, 0.25) is 0 Å². The highest BCUT2D eigenvalue weighted by atomic mass is 19.1. The lowest BCUT2D eigenvalue weighted by molar-refractivity contribution is 0.204. The molecule has 0 saturated carbocycles. The fraction of sp³-hybridized carbons (Fsp3) is 0.200. The number of hydrogen-bond donors (Lipinski definition) is 1. The third-order valence-electron chi connectivity index (χ3n) is 2.86. The van der Waals surface area contributed by atoms with Crippen molar-refractivity contribution in [3.63, 3.8) is 0 Å². The summed E-state index contributed by atoms with van der Waals surface area (Å²) in [4.78, 5) is 0. The first-order valence-electron chi connectivity index (χ1n) is 5.99. The molecule has 0 radical (unpaired) electrons. The molecule has 2 nitrogen and oxygen atoms in total. The molecule has 1 unspecified atom stereocenters. The first-order chi connectivity index (χ1) is 9.11. The largest absolute Gasteiger partial charge is 0.481 e. The van der Waals surface area contributed by atoms with Crippen molar-refractivity contribution in [2.45, 2.75) is 13.0 Å². The van der Waals surface area contributed by atoms with Crippen molar-refractivity contribution in [2.24, 2.45) is 5.73 Å². The maximum atomic E-state index is 13.9. The summed E-state index contributed by atoms with van der Waals surface area (Å²) in [6.07, 6.45) is -0.577. The van der Waals surface area contributed by atoms with Gasteiger partial charge in [0.2, 0.25) is 0 Å². The Morgan fingerprint density at radius 3 is 2.58 bits per heavy atom. The van der Waals surface area contributed by atoms with Gasteiger partial charge in [0.25, 0.3) is 0 Å². The summed E-state index contributed by atoms with van der Waals surface area (Å²) >= 11 is 0. The number of hydrogen-bond acceptors (Lipinski definition) is 2. The van der Waals surface area contributed by atoms with E-state index in [1.165, 1.54) is 18.2 Å². The molecular formula is C15H15F2NO. The van der Waals surface area contributed by atoms with E-state index in [2.05, 4.69) is 0 Å². The Labute approximate surface area is 110 Å². The number of rotatable bonds is 4. The van der Waals surface area contributed by atoms with E-state index < -0.39 is 11.9 Å². The first-order valence-corrected chi connectivity index (χ1v) is 5.99. The Balaban J connectivity index is 2.26. The molecule has 1 atom stereocenters. The van der Waals surface area contributed by atoms with E-state index in [9.17, 15) is 8.78 Å². The molecule has 100 valence electrons. The van der Waals surface area contributed by atoms with E-state index >= 15 is 0 Å². The highest BCUT2D eigenvalue weighted by molar-refractivity contribution is 5.31. The standard InChI is InChI=1S/C15H15F2NO/c1-10-4-2-7-13(15(10)17)19-14(9-18)11-5-3-6-12(16)8-11/h2-8,14H,9,18H2,1H3. The number of ether oxygens (including phenoxy) is 1. The molecule has 0 aliphatic heterocycles. The average Bonchev–Trinajstić information content (AvgIpc) is 2.40. The van der Waals surface area contributed by atoms with Crippen LogP contribution in [0.25, 0.3) is 0 Å². The smallest absolute Gasteiger partial charge is 0.167 e. The monoisotopic (exact) mass is 263 g/mol. The van der Waals surface area contributed by atoms with Crippen LogP contribution in [0.3, 0.4) is 0 Å². The molecule has 0 bridgehead atoms. The number of nitrogens with two attached hydrogens (primary N) is 1. The van der Waals surface area contributed by atoms with Crippen molar-refractivity contribution in [3.05, 3.63) is 65.2 Å². The van der Waals surface area contributed by atoms with Crippen molar-refractivity contribution >= 4 is 0 Å². The summed E-state index contributed by atoms with van der Waals surface area (Å²) in [5.41, 5.74) is 6.70. The summed E-state index contributed by atoms with van der Waals surface area (Å²) in [6.45, 7) is 1.79. The van der Waals surface area contributed by atoms with E-state index in [-0.39, 0.29) is 18.1 Å². The van der Waals surface area contributed by atoms with E-state index in [1.807, 2.05) is 0 Å². The molecule has 0 saturated heterocycles. The van der Waals surface area contributed by atoms with Crippen LogP contribution in [-0.2, 0) is 0 Å². The minimum Gasteiger partial charge on any atom is -0.481 e. The van der Waals surface area contributed by atoms with Gasteiger partial charge in [0.1, 0.15) is 11.9 Å². The molecule has 2 aromatic carbocycles. The van der Waals surface area contributed by atoms with E-state index in [0.29, 0.717) is 11.1 Å². The zero-order valence-corrected chi connectivity index (χ0v) is 10.6. The van der Waals surface area contributed by atoms with Crippen LogP contribution < -0.4 is 10.5 Å². The molecule has 2 N–H and O–H groups in total. The third kappa shape index (κ3) is 3.09. The normalized spacial score (nSPS) is 12.2. The highest BCUT2D eigenvalue weighted by Gasteiger charge is 2.15. The van der Waals surface area contributed by atoms with Crippen LogP contribution >= 0.6 is 0 Å². The molecule has 0 spiro atoms. The maximum Gasteiger partial charge on any atom is 0.167 e. The van der Waals surface area contributed by atoms with Crippen LogP contribution in [0.4, 0.5) is 8.78 Å². The lowest BCUT2D eigenvalue weighted by Crippen LogP contribution is -2.19. The predicted octanol–water partition coefficient (Wildman–Crippen LogP) is 3.35. The Morgan fingerprint density at radius 2 is 1.89 bits per heavy atom. The molecule has 0 aromatic heterocycles. The predicted molar refractivity (Wildman–Crippen MR) is 70.0 cm³/mol. The second-order valence-electron chi connectivity index (χ2n) is 4.28. The summed E-state index contributed by atoms with van der Waals surface area (Å²) in [5, 5.41) is 0.